The number of ether oxygens (including phenoxy) is 1. The number of carbonyl (C=O) groups excluding carboxylic acids is 3. The summed E-state index contributed by atoms with van der Waals surface area (Å²) in [6.45, 7) is 0. The number of amides is 1. The molecule has 0 aliphatic heterocycles. The van der Waals surface area contributed by atoms with Crippen LogP contribution in [0.1, 0.15) is 36.6 Å². The first-order valence-electron chi connectivity index (χ1n) is 12.1. The SMILES string of the molecule is COC(=O)c1cc(O)c(C(=O)Nc2ccc(Cl)cc2)cc1CC(=O)c1ccc(-c2nc3cc(Cl)c(Cl)cc3[nH]2)cc1. The summed E-state index contributed by atoms with van der Waals surface area (Å²) in [5.74, 6) is -1.58. The highest BCUT2D eigenvalue weighted by Gasteiger charge is 2.22. The smallest absolute Gasteiger partial charge is 0.338 e. The zero-order chi connectivity index (χ0) is 29.3. The number of rotatable bonds is 7. The molecule has 5 aromatic rings. The lowest BCUT2D eigenvalue weighted by Gasteiger charge is -2.13. The van der Waals surface area contributed by atoms with Gasteiger partial charge in [0, 0.05) is 28.3 Å². The molecule has 1 amide bonds. The van der Waals surface area contributed by atoms with E-state index in [0.717, 1.165) is 11.6 Å². The molecule has 11 heteroatoms. The maximum atomic E-state index is 13.2. The van der Waals surface area contributed by atoms with Crippen molar-refractivity contribution in [3.05, 3.63) is 110 Å². The van der Waals surface area contributed by atoms with Gasteiger partial charge in [-0.3, -0.25) is 9.59 Å². The fraction of sp³-hybridized carbons (Fsp3) is 0.0667. The van der Waals surface area contributed by atoms with E-state index in [1.807, 2.05) is 0 Å². The Morgan fingerprint density at radius 2 is 1.59 bits per heavy atom. The Balaban J connectivity index is 1.40. The molecule has 0 radical (unpaired) electrons. The summed E-state index contributed by atoms with van der Waals surface area (Å²) in [7, 11) is 1.19. The van der Waals surface area contributed by atoms with E-state index in [4.69, 9.17) is 39.5 Å². The second-order valence-electron chi connectivity index (χ2n) is 9.03. The third-order valence-corrected chi connectivity index (χ3v) is 7.30. The van der Waals surface area contributed by atoms with E-state index in [0.29, 0.717) is 43.2 Å². The van der Waals surface area contributed by atoms with Gasteiger partial charge in [0.15, 0.2) is 5.78 Å². The zero-order valence-corrected chi connectivity index (χ0v) is 23.6. The van der Waals surface area contributed by atoms with Crippen LogP contribution in [0.15, 0.2) is 72.8 Å². The van der Waals surface area contributed by atoms with Crippen LogP contribution in [0.4, 0.5) is 5.69 Å². The summed E-state index contributed by atoms with van der Waals surface area (Å²) < 4.78 is 4.83. The number of H-pyrrole nitrogens is 1. The highest BCUT2D eigenvalue weighted by atomic mass is 35.5. The van der Waals surface area contributed by atoms with Gasteiger partial charge in [-0.05, 0) is 54.1 Å². The van der Waals surface area contributed by atoms with Crippen molar-refractivity contribution in [1.29, 1.82) is 0 Å². The summed E-state index contributed by atoms with van der Waals surface area (Å²) in [6.07, 6.45) is -0.229. The lowest BCUT2D eigenvalue weighted by molar-refractivity contribution is 0.0598. The standard InChI is InChI=1S/C30H20Cl3N3O5/c1-41-30(40)20-12-27(38)21(29(39)34-19-8-6-18(31)7-9-19)10-17(20)11-26(37)15-2-4-16(5-3-15)28-35-24-13-22(32)23(33)14-25(24)36-28/h2-10,12-14,38H,11H2,1H3,(H,34,39)(H,35,36). The third kappa shape index (κ3) is 6.05. The van der Waals surface area contributed by atoms with Crippen LogP contribution in [-0.4, -0.2) is 39.8 Å². The maximum absolute atomic E-state index is 13.2. The van der Waals surface area contributed by atoms with E-state index < -0.39 is 17.6 Å². The van der Waals surface area contributed by atoms with Gasteiger partial charge in [0.25, 0.3) is 5.91 Å². The number of methoxy groups -OCH3 is 1. The molecule has 0 saturated carbocycles. The molecular weight excluding hydrogens is 589 g/mol. The Labute approximate surface area is 248 Å². The van der Waals surface area contributed by atoms with E-state index in [2.05, 4.69) is 15.3 Å². The number of nitrogens with one attached hydrogen (secondary N) is 2. The molecule has 5 rings (SSSR count). The van der Waals surface area contributed by atoms with Gasteiger partial charge in [0.05, 0.1) is 39.3 Å². The topological polar surface area (TPSA) is 121 Å². The average Bonchev–Trinajstić information content (AvgIpc) is 3.37. The minimum Gasteiger partial charge on any atom is -0.507 e. The van der Waals surface area contributed by atoms with Crippen molar-refractivity contribution >= 4 is 69.2 Å². The normalized spacial score (nSPS) is 10.9. The summed E-state index contributed by atoms with van der Waals surface area (Å²) in [5, 5.41) is 14.5. The largest absolute Gasteiger partial charge is 0.507 e. The van der Waals surface area contributed by atoms with Gasteiger partial charge < -0.3 is 20.1 Å². The van der Waals surface area contributed by atoms with Crippen LogP contribution in [0.2, 0.25) is 15.1 Å². The minimum absolute atomic E-state index is 0.0300. The first kappa shape index (κ1) is 28.2. The number of ketones is 1. The van der Waals surface area contributed by atoms with Crippen LogP contribution in [-0.2, 0) is 11.2 Å². The Bertz CT molecular complexity index is 1780. The molecule has 1 aromatic heterocycles. The van der Waals surface area contributed by atoms with Crippen LogP contribution < -0.4 is 5.32 Å². The number of hydrogen-bond donors (Lipinski definition) is 3. The summed E-state index contributed by atoms with van der Waals surface area (Å²) in [4.78, 5) is 46.3. The number of benzene rings is 4. The number of aromatic hydroxyl groups is 1. The molecule has 206 valence electrons. The Morgan fingerprint density at radius 1 is 0.902 bits per heavy atom. The van der Waals surface area contributed by atoms with Crippen molar-refractivity contribution in [2.45, 2.75) is 6.42 Å². The summed E-state index contributed by atoms with van der Waals surface area (Å²) >= 11 is 18.1. The van der Waals surface area contributed by atoms with Crippen molar-refractivity contribution < 1.29 is 24.2 Å². The quantitative estimate of drug-likeness (QED) is 0.131. The maximum Gasteiger partial charge on any atom is 0.338 e. The minimum atomic E-state index is -0.756. The van der Waals surface area contributed by atoms with Crippen LogP contribution in [0, 0.1) is 0 Å². The molecule has 3 N–H and O–H groups in total. The van der Waals surface area contributed by atoms with E-state index in [-0.39, 0.29) is 28.9 Å². The second-order valence-corrected chi connectivity index (χ2v) is 10.3. The Kier molecular flexibility index (Phi) is 7.99. The van der Waals surface area contributed by atoms with Gasteiger partial charge in [-0.15, -0.1) is 0 Å². The highest BCUT2D eigenvalue weighted by Crippen LogP contribution is 2.30. The van der Waals surface area contributed by atoms with E-state index in [1.54, 1.807) is 60.7 Å². The lowest BCUT2D eigenvalue weighted by Crippen LogP contribution is -2.16. The van der Waals surface area contributed by atoms with Gasteiger partial charge in [-0.1, -0.05) is 59.1 Å². The molecule has 0 fully saturated rings. The number of phenolic OH excluding ortho intramolecular Hbond substituents is 1. The van der Waals surface area contributed by atoms with Gasteiger partial charge in [0.1, 0.15) is 11.6 Å². The molecule has 0 spiro atoms. The van der Waals surface area contributed by atoms with Crippen LogP contribution >= 0.6 is 34.8 Å². The molecule has 4 aromatic carbocycles. The molecule has 0 saturated heterocycles. The first-order chi connectivity index (χ1) is 19.6. The number of anilines is 1. The summed E-state index contributed by atoms with van der Waals surface area (Å²) in [5.41, 5.74) is 2.98. The zero-order valence-electron chi connectivity index (χ0n) is 21.3. The number of nitrogens with zero attached hydrogens (tertiary/aromatic N) is 1. The fourth-order valence-electron chi connectivity index (χ4n) is 4.22. The van der Waals surface area contributed by atoms with E-state index in [9.17, 15) is 19.5 Å². The number of halogens is 3. The average molecular weight is 609 g/mol. The predicted molar refractivity (Wildman–Crippen MR) is 158 cm³/mol. The van der Waals surface area contributed by atoms with Crippen LogP contribution in [0.5, 0.6) is 5.75 Å². The van der Waals surface area contributed by atoms with Gasteiger partial charge in [-0.25, -0.2) is 9.78 Å². The molecule has 0 bridgehead atoms. The molecule has 0 aliphatic carbocycles. The number of hydrogen-bond acceptors (Lipinski definition) is 6. The van der Waals surface area contributed by atoms with Gasteiger partial charge in [-0.2, -0.15) is 0 Å². The van der Waals surface area contributed by atoms with Crippen LogP contribution in [0.3, 0.4) is 0 Å². The molecule has 8 nitrogen and oxygen atoms in total. The third-order valence-electron chi connectivity index (χ3n) is 6.33. The lowest BCUT2D eigenvalue weighted by atomic mass is 9.95. The van der Waals surface area contributed by atoms with Crippen molar-refractivity contribution in [1.82, 2.24) is 9.97 Å². The van der Waals surface area contributed by atoms with Gasteiger partial charge in [0.2, 0.25) is 0 Å². The number of aromatic nitrogens is 2. The molecule has 0 atom stereocenters. The number of aromatic amines is 1. The Hall–Kier alpha value is -4.37. The van der Waals surface area contributed by atoms with E-state index in [1.165, 1.54) is 13.2 Å². The summed E-state index contributed by atoms with van der Waals surface area (Å²) in [6, 6.07) is 18.9. The fourth-order valence-corrected chi connectivity index (χ4v) is 4.67. The number of imidazole rings is 1. The number of phenols is 1. The molecule has 0 aliphatic rings. The number of carbonyl (C=O) groups is 3. The molecular formula is C30H20Cl3N3O5. The monoisotopic (exact) mass is 607 g/mol. The van der Waals surface area contributed by atoms with Gasteiger partial charge >= 0.3 is 5.97 Å². The van der Waals surface area contributed by atoms with Crippen molar-refractivity contribution in [3.8, 4) is 17.1 Å². The molecule has 41 heavy (non-hydrogen) atoms. The highest BCUT2D eigenvalue weighted by molar-refractivity contribution is 6.42. The van der Waals surface area contributed by atoms with Crippen molar-refractivity contribution in [2.24, 2.45) is 0 Å². The van der Waals surface area contributed by atoms with E-state index >= 15 is 0 Å². The molecule has 1 heterocycles. The number of fused-ring (bicyclic) bond motifs is 1. The first-order valence-corrected chi connectivity index (χ1v) is 13.3. The molecule has 0 unspecified atom stereocenters. The van der Waals surface area contributed by atoms with Crippen molar-refractivity contribution in [2.75, 3.05) is 12.4 Å². The second kappa shape index (κ2) is 11.6. The number of esters is 1. The van der Waals surface area contributed by atoms with Crippen molar-refractivity contribution in [3.63, 3.8) is 0 Å². The Morgan fingerprint density at radius 3 is 2.27 bits per heavy atom. The number of Topliss-reactive ketones (excluding diaryl/α,β-unsaturated/α-hetero) is 1. The predicted octanol–water partition coefficient (Wildman–Crippen LogP) is 7.36. The van der Waals surface area contributed by atoms with Crippen LogP contribution in [0.25, 0.3) is 22.4 Å².